The van der Waals surface area contributed by atoms with Crippen LogP contribution in [-0.4, -0.2) is 57.4 Å². The lowest BCUT2D eigenvalue weighted by Crippen LogP contribution is -3.19. The summed E-state index contributed by atoms with van der Waals surface area (Å²) in [5, 5.41) is 2.79. The van der Waals surface area contributed by atoms with Crippen LogP contribution in [0.25, 0.3) is 0 Å². The maximum absolute atomic E-state index is 12.9. The Bertz CT molecular complexity index is 640. The van der Waals surface area contributed by atoms with Crippen LogP contribution in [0.3, 0.4) is 0 Å². The van der Waals surface area contributed by atoms with Crippen LogP contribution < -0.4 is 10.2 Å². The fraction of sp³-hybridized carbons (Fsp3) is 0.533. The molecule has 1 fully saturated rings. The van der Waals surface area contributed by atoms with Gasteiger partial charge in [0, 0.05) is 6.54 Å². The van der Waals surface area contributed by atoms with Crippen molar-refractivity contribution in [3.63, 3.8) is 0 Å². The highest BCUT2D eigenvalue weighted by molar-refractivity contribution is 7.89. The zero-order valence-corrected chi connectivity index (χ0v) is 14.2. The van der Waals surface area contributed by atoms with Crippen LogP contribution in [0, 0.1) is 5.82 Å². The lowest BCUT2D eigenvalue weighted by atomic mass is 10.2. The zero-order valence-electron chi connectivity index (χ0n) is 13.4. The first-order chi connectivity index (χ1) is 10.9. The number of carbonyl (C=O) groups is 1. The zero-order chi connectivity index (χ0) is 17.0. The van der Waals surface area contributed by atoms with Gasteiger partial charge in [0.2, 0.25) is 10.0 Å². The van der Waals surface area contributed by atoms with E-state index in [9.17, 15) is 17.6 Å². The number of amides is 1. The highest BCUT2D eigenvalue weighted by Crippen LogP contribution is 2.16. The van der Waals surface area contributed by atoms with Gasteiger partial charge < -0.3 is 10.2 Å². The number of benzene rings is 1. The number of carbonyl (C=O) groups excluding carboxylic acids is 1. The molecule has 1 aliphatic rings. The van der Waals surface area contributed by atoms with Crippen molar-refractivity contribution in [1.82, 2.24) is 9.62 Å². The smallest absolute Gasteiger partial charge is 0.278 e. The molecule has 23 heavy (non-hydrogen) atoms. The fourth-order valence-corrected chi connectivity index (χ4v) is 4.16. The van der Waals surface area contributed by atoms with Gasteiger partial charge in [-0.1, -0.05) is 0 Å². The van der Waals surface area contributed by atoms with Gasteiger partial charge in [-0.05, 0) is 38.1 Å². The van der Waals surface area contributed by atoms with E-state index in [4.69, 9.17) is 0 Å². The minimum atomic E-state index is -3.61. The number of hydrogen-bond acceptors (Lipinski definition) is 3. The molecule has 6 nitrogen and oxygen atoms in total. The minimum Gasteiger partial charge on any atom is -0.351 e. The van der Waals surface area contributed by atoms with E-state index in [-0.39, 0.29) is 16.8 Å². The van der Waals surface area contributed by atoms with E-state index >= 15 is 0 Å². The molecule has 0 saturated carbocycles. The second kappa shape index (κ2) is 7.37. The Morgan fingerprint density at radius 2 is 1.87 bits per heavy atom. The van der Waals surface area contributed by atoms with E-state index in [0.717, 1.165) is 17.0 Å². The quantitative estimate of drug-likeness (QED) is 0.738. The summed E-state index contributed by atoms with van der Waals surface area (Å²) in [5.74, 6) is -0.480. The van der Waals surface area contributed by atoms with Crippen molar-refractivity contribution in [3.05, 3.63) is 30.1 Å². The molecule has 1 aliphatic heterocycles. The SMILES string of the molecule is CCNC(=O)[C@@H](C)[NH+]1CCN(S(=O)(=O)c2ccc(F)cc2)CC1. The molecule has 1 atom stereocenters. The van der Waals surface area contributed by atoms with E-state index in [1.54, 1.807) is 0 Å². The van der Waals surface area contributed by atoms with Crippen LogP contribution >= 0.6 is 0 Å². The van der Waals surface area contributed by atoms with Gasteiger partial charge in [0.15, 0.2) is 6.04 Å². The average molecular weight is 344 g/mol. The number of quaternary nitrogens is 1. The summed E-state index contributed by atoms with van der Waals surface area (Å²) in [7, 11) is -3.61. The second-order valence-electron chi connectivity index (χ2n) is 5.63. The van der Waals surface area contributed by atoms with Gasteiger partial charge in [0.25, 0.3) is 5.91 Å². The number of nitrogens with one attached hydrogen (secondary N) is 2. The standard InChI is InChI=1S/C15H22FN3O3S/c1-3-17-15(20)12(2)18-8-10-19(11-9-18)23(21,22)14-6-4-13(16)5-7-14/h4-7,12H,3,8-11H2,1-2H3,(H,17,20)/p+1/t12-/m1/s1. The lowest BCUT2D eigenvalue weighted by molar-refractivity contribution is -0.917. The van der Waals surface area contributed by atoms with Crippen molar-refractivity contribution >= 4 is 15.9 Å². The average Bonchev–Trinajstić information content (AvgIpc) is 2.55. The molecule has 128 valence electrons. The van der Waals surface area contributed by atoms with E-state index in [2.05, 4.69) is 5.32 Å². The number of piperazine rings is 1. The molecule has 1 aromatic rings. The molecule has 0 spiro atoms. The van der Waals surface area contributed by atoms with Crippen molar-refractivity contribution in [1.29, 1.82) is 0 Å². The van der Waals surface area contributed by atoms with Gasteiger partial charge in [-0.25, -0.2) is 12.8 Å². The Kier molecular flexibility index (Phi) is 5.72. The van der Waals surface area contributed by atoms with Gasteiger partial charge >= 0.3 is 0 Å². The molecule has 0 radical (unpaired) electrons. The molecular formula is C15H23FN3O3S+. The molecule has 1 saturated heterocycles. The number of nitrogens with zero attached hydrogens (tertiary/aromatic N) is 1. The highest BCUT2D eigenvalue weighted by Gasteiger charge is 2.34. The van der Waals surface area contributed by atoms with Crippen molar-refractivity contribution in [3.8, 4) is 0 Å². The summed E-state index contributed by atoms with van der Waals surface area (Å²) in [5.41, 5.74) is 0. The third-order valence-corrected chi connectivity index (χ3v) is 6.09. The first-order valence-corrected chi connectivity index (χ1v) is 9.18. The Morgan fingerprint density at radius 1 is 1.30 bits per heavy atom. The molecule has 1 aromatic carbocycles. The predicted molar refractivity (Wildman–Crippen MR) is 84.0 cm³/mol. The number of hydrogen-bond donors (Lipinski definition) is 2. The molecule has 0 aromatic heterocycles. The third kappa shape index (κ3) is 4.07. The summed E-state index contributed by atoms with van der Waals surface area (Å²) in [6, 6.07) is 4.64. The molecule has 1 amide bonds. The Labute approximate surface area is 136 Å². The number of rotatable bonds is 5. The summed E-state index contributed by atoms with van der Waals surface area (Å²) in [6.07, 6.45) is 0. The lowest BCUT2D eigenvalue weighted by Gasteiger charge is -2.34. The topological polar surface area (TPSA) is 70.9 Å². The van der Waals surface area contributed by atoms with Crippen molar-refractivity contribution in [2.45, 2.75) is 24.8 Å². The Balaban J connectivity index is 2.01. The van der Waals surface area contributed by atoms with Crippen LogP contribution in [0.5, 0.6) is 0 Å². The highest BCUT2D eigenvalue weighted by atomic mass is 32.2. The summed E-state index contributed by atoms with van der Waals surface area (Å²) in [4.78, 5) is 13.0. The maximum atomic E-state index is 12.9. The minimum absolute atomic E-state index is 0.0164. The van der Waals surface area contributed by atoms with Gasteiger partial charge in [-0.2, -0.15) is 4.31 Å². The largest absolute Gasteiger partial charge is 0.351 e. The Morgan fingerprint density at radius 3 is 2.39 bits per heavy atom. The third-order valence-electron chi connectivity index (χ3n) is 4.17. The molecule has 1 heterocycles. The maximum Gasteiger partial charge on any atom is 0.278 e. The van der Waals surface area contributed by atoms with Crippen molar-refractivity contribution < 1.29 is 22.5 Å². The molecular weight excluding hydrogens is 321 g/mol. The molecule has 0 bridgehead atoms. The molecule has 2 rings (SSSR count). The molecule has 0 unspecified atom stereocenters. The summed E-state index contributed by atoms with van der Waals surface area (Å²) in [6.45, 7) is 6.13. The first kappa shape index (κ1) is 17.8. The van der Waals surface area contributed by atoms with Crippen LogP contribution in [0.2, 0.25) is 0 Å². The summed E-state index contributed by atoms with van der Waals surface area (Å²) >= 11 is 0. The van der Waals surface area contributed by atoms with Crippen LogP contribution in [0.4, 0.5) is 4.39 Å². The normalized spacial score (nSPS) is 18.6. The van der Waals surface area contributed by atoms with E-state index in [1.165, 1.54) is 16.4 Å². The fourth-order valence-electron chi connectivity index (χ4n) is 2.72. The van der Waals surface area contributed by atoms with Gasteiger partial charge in [-0.15, -0.1) is 0 Å². The van der Waals surface area contributed by atoms with E-state index in [1.807, 2.05) is 13.8 Å². The first-order valence-electron chi connectivity index (χ1n) is 7.74. The van der Waals surface area contributed by atoms with Crippen LogP contribution in [0.15, 0.2) is 29.2 Å². The van der Waals surface area contributed by atoms with Crippen LogP contribution in [-0.2, 0) is 14.8 Å². The van der Waals surface area contributed by atoms with Gasteiger partial charge in [0.05, 0.1) is 31.1 Å². The number of halogens is 1. The van der Waals surface area contributed by atoms with Gasteiger partial charge in [0.1, 0.15) is 5.82 Å². The molecule has 8 heteroatoms. The molecule has 0 aliphatic carbocycles. The number of likely N-dealkylation sites (N-methyl/N-ethyl adjacent to an activating group) is 1. The van der Waals surface area contributed by atoms with Crippen molar-refractivity contribution in [2.75, 3.05) is 32.7 Å². The van der Waals surface area contributed by atoms with E-state index in [0.29, 0.717) is 32.7 Å². The second-order valence-corrected chi connectivity index (χ2v) is 7.57. The van der Waals surface area contributed by atoms with Crippen LogP contribution in [0.1, 0.15) is 13.8 Å². The Hall–Kier alpha value is -1.51. The predicted octanol–water partition coefficient (Wildman–Crippen LogP) is -0.760. The van der Waals surface area contributed by atoms with Crippen molar-refractivity contribution in [2.24, 2.45) is 0 Å². The number of sulfonamides is 1. The summed E-state index contributed by atoms with van der Waals surface area (Å²) < 4.78 is 39.4. The molecule has 2 N–H and O–H groups in total. The monoisotopic (exact) mass is 344 g/mol. The van der Waals surface area contributed by atoms with Gasteiger partial charge in [-0.3, -0.25) is 4.79 Å². The van der Waals surface area contributed by atoms with E-state index < -0.39 is 15.8 Å².